The molecule has 0 unspecified atom stereocenters. The molecule has 0 aliphatic carbocycles. The lowest BCUT2D eigenvalue weighted by Crippen LogP contribution is -2.24. The lowest BCUT2D eigenvalue weighted by molar-refractivity contribution is -0.604. The number of carbonyl (C=O) groups is 2. The molecule has 30 heavy (non-hydrogen) atoms. The highest BCUT2D eigenvalue weighted by Crippen LogP contribution is 2.29. The standard InChI is InChI=1S/C15H25NO4S2.C4H5NO3/c1-2-3-4-5-6-7-8-11-14-17-18-19-20-22-21-15-12-9-10-13-16-15;6-3-1-2-4(7)5(3)8/h9-10,12-13H,2-8,11,14H2,1H3;8H,1-2H2. The summed E-state index contributed by atoms with van der Waals surface area (Å²) in [6, 6.07) is 5.63. The van der Waals surface area contributed by atoms with E-state index in [9.17, 15) is 9.59 Å². The van der Waals surface area contributed by atoms with Crippen molar-refractivity contribution in [3.8, 4) is 0 Å². The second kappa shape index (κ2) is 18.6. The van der Waals surface area contributed by atoms with Gasteiger partial charge in [-0.15, -0.1) is 4.33 Å². The van der Waals surface area contributed by atoms with Gasteiger partial charge in [0.2, 0.25) is 0 Å². The van der Waals surface area contributed by atoms with Crippen LogP contribution >= 0.6 is 21.9 Å². The number of unbranched alkanes of at least 4 members (excludes halogenated alkanes) is 7. The van der Waals surface area contributed by atoms with Gasteiger partial charge in [-0.2, -0.15) is 5.06 Å². The second-order valence-corrected chi connectivity index (χ2v) is 8.18. The molecule has 9 nitrogen and oxygen atoms in total. The van der Waals surface area contributed by atoms with Crippen molar-refractivity contribution in [2.45, 2.75) is 76.2 Å². The first-order valence-electron chi connectivity index (χ1n) is 10.1. The molecule has 0 aromatic carbocycles. The Bertz CT molecular complexity index is 565. The molecule has 1 aromatic heterocycles. The van der Waals surface area contributed by atoms with Crippen LogP contribution in [0.3, 0.4) is 0 Å². The number of hydrogen-bond acceptors (Lipinski definition) is 10. The summed E-state index contributed by atoms with van der Waals surface area (Å²) in [5, 5.41) is 18.3. The Morgan fingerprint density at radius 1 is 1.00 bits per heavy atom. The van der Waals surface area contributed by atoms with Gasteiger partial charge in [0.15, 0.2) is 0 Å². The lowest BCUT2D eigenvalue weighted by Gasteiger charge is -2.02. The fourth-order valence-electron chi connectivity index (χ4n) is 2.38. The quantitative estimate of drug-likeness (QED) is 0.0709. The van der Waals surface area contributed by atoms with Crippen LogP contribution in [0.5, 0.6) is 0 Å². The Morgan fingerprint density at radius 3 is 2.23 bits per heavy atom. The van der Waals surface area contributed by atoms with E-state index in [0.717, 1.165) is 28.9 Å². The van der Waals surface area contributed by atoms with Crippen molar-refractivity contribution in [2.75, 3.05) is 6.61 Å². The number of rotatable bonds is 15. The van der Waals surface area contributed by atoms with E-state index in [1.807, 2.05) is 18.2 Å². The molecule has 170 valence electrons. The highest BCUT2D eigenvalue weighted by molar-refractivity contribution is 8.74. The van der Waals surface area contributed by atoms with Crippen LogP contribution in [-0.2, 0) is 28.9 Å². The molecule has 11 heteroatoms. The van der Waals surface area contributed by atoms with E-state index in [-0.39, 0.29) is 17.9 Å². The van der Waals surface area contributed by atoms with Gasteiger partial charge in [0.1, 0.15) is 16.1 Å². The Balaban J connectivity index is 0.000000467. The van der Waals surface area contributed by atoms with Crippen molar-refractivity contribution in [2.24, 2.45) is 0 Å². The Morgan fingerprint density at radius 2 is 1.67 bits per heavy atom. The van der Waals surface area contributed by atoms with Crippen molar-refractivity contribution in [1.29, 1.82) is 0 Å². The molecule has 0 radical (unpaired) electrons. The first kappa shape index (κ1) is 26.8. The van der Waals surface area contributed by atoms with Crippen molar-refractivity contribution in [3.05, 3.63) is 24.4 Å². The molecule has 0 bridgehead atoms. The predicted octanol–water partition coefficient (Wildman–Crippen LogP) is 5.21. The smallest absolute Gasteiger partial charge is 0.253 e. The molecule has 1 aromatic rings. The minimum atomic E-state index is -0.505. The van der Waals surface area contributed by atoms with Crippen LogP contribution in [0.15, 0.2) is 29.4 Å². The number of hydroxylamine groups is 2. The molecule has 1 N–H and O–H groups in total. The molecule has 2 heterocycles. The molecule has 0 atom stereocenters. The maximum atomic E-state index is 10.2. The average Bonchev–Trinajstić information content (AvgIpc) is 3.06. The molecular formula is C19H30N2O7S2. The summed E-state index contributed by atoms with van der Waals surface area (Å²) in [7, 11) is 1.33. The number of carbonyl (C=O) groups excluding carboxylic acids is 2. The van der Waals surface area contributed by atoms with Gasteiger partial charge in [-0.05, 0) is 39.4 Å². The summed E-state index contributed by atoms with van der Waals surface area (Å²) in [5.74, 6) is -1.01. The van der Waals surface area contributed by atoms with Crippen LogP contribution in [0, 0.1) is 0 Å². The number of amides is 2. The van der Waals surface area contributed by atoms with Crippen molar-refractivity contribution in [3.63, 3.8) is 0 Å². The molecular weight excluding hydrogens is 432 g/mol. The summed E-state index contributed by atoms with van der Waals surface area (Å²) >= 11 is 1.01. The summed E-state index contributed by atoms with van der Waals surface area (Å²) in [4.78, 5) is 29.4. The van der Waals surface area contributed by atoms with Crippen LogP contribution in [-0.4, -0.2) is 33.7 Å². The largest absolute Gasteiger partial charge is 0.279 e. The van der Waals surface area contributed by atoms with Gasteiger partial charge >= 0.3 is 0 Å². The van der Waals surface area contributed by atoms with Gasteiger partial charge in [-0.25, -0.2) is 9.87 Å². The minimum absolute atomic E-state index is 0.148. The third-order valence-corrected chi connectivity index (χ3v) is 5.47. The fourth-order valence-corrected chi connectivity index (χ4v) is 3.42. The summed E-state index contributed by atoms with van der Waals surface area (Å²) in [6.45, 7) is 2.75. The molecule has 2 amide bonds. The second-order valence-electron chi connectivity index (χ2n) is 6.42. The van der Waals surface area contributed by atoms with Crippen LogP contribution < -0.4 is 0 Å². The third kappa shape index (κ3) is 13.9. The van der Waals surface area contributed by atoms with E-state index in [0.29, 0.717) is 6.61 Å². The third-order valence-electron chi connectivity index (χ3n) is 4.00. The molecule has 1 fully saturated rings. The molecule has 1 aliphatic rings. The lowest BCUT2D eigenvalue weighted by atomic mass is 10.1. The fraction of sp³-hybridized carbons (Fsp3) is 0.632. The normalized spacial score (nSPS) is 13.5. The average molecular weight is 463 g/mol. The Labute approximate surface area is 185 Å². The zero-order valence-electron chi connectivity index (χ0n) is 17.2. The van der Waals surface area contributed by atoms with Gasteiger partial charge in [0, 0.05) is 19.0 Å². The topological polar surface area (TPSA) is 107 Å². The Kier molecular flexibility index (Phi) is 16.6. The van der Waals surface area contributed by atoms with Gasteiger partial charge in [-0.3, -0.25) is 14.8 Å². The van der Waals surface area contributed by atoms with E-state index < -0.39 is 11.8 Å². The van der Waals surface area contributed by atoms with E-state index in [1.165, 1.54) is 49.3 Å². The number of nitrogens with zero attached hydrogens (tertiary/aromatic N) is 2. The summed E-state index contributed by atoms with van der Waals surface area (Å²) < 4.78 is 4.71. The van der Waals surface area contributed by atoms with E-state index in [1.54, 1.807) is 6.20 Å². The minimum Gasteiger partial charge on any atom is -0.279 e. The first-order chi connectivity index (χ1) is 14.6. The van der Waals surface area contributed by atoms with E-state index in [4.69, 9.17) is 14.4 Å². The monoisotopic (exact) mass is 462 g/mol. The van der Waals surface area contributed by atoms with Crippen LogP contribution in [0.1, 0.15) is 71.1 Å². The highest BCUT2D eigenvalue weighted by atomic mass is 33.1. The highest BCUT2D eigenvalue weighted by Gasteiger charge is 2.26. The van der Waals surface area contributed by atoms with Gasteiger partial charge < -0.3 is 0 Å². The number of imide groups is 1. The van der Waals surface area contributed by atoms with Gasteiger partial charge in [0.05, 0.1) is 6.61 Å². The molecule has 1 saturated heterocycles. The van der Waals surface area contributed by atoms with Crippen LogP contribution in [0.2, 0.25) is 0 Å². The van der Waals surface area contributed by atoms with Gasteiger partial charge in [0.25, 0.3) is 11.8 Å². The van der Waals surface area contributed by atoms with E-state index in [2.05, 4.69) is 22.0 Å². The molecule has 0 spiro atoms. The molecule has 0 saturated carbocycles. The maximum Gasteiger partial charge on any atom is 0.253 e. The number of hydrogen-bond donors (Lipinski definition) is 1. The van der Waals surface area contributed by atoms with Crippen LogP contribution in [0.25, 0.3) is 0 Å². The summed E-state index contributed by atoms with van der Waals surface area (Å²) in [6.07, 6.45) is 12.0. The zero-order chi connectivity index (χ0) is 21.9. The first-order valence-corrected chi connectivity index (χ1v) is 12.1. The van der Waals surface area contributed by atoms with Crippen molar-refractivity contribution < 1.29 is 34.1 Å². The van der Waals surface area contributed by atoms with Crippen molar-refractivity contribution in [1.82, 2.24) is 10.0 Å². The SMILES string of the molecule is CCCCCCCCCCOOOOSSc1ccccn1.O=C1CCC(=O)N1O. The zero-order valence-corrected chi connectivity index (χ0v) is 18.8. The maximum absolute atomic E-state index is 10.2. The number of pyridine rings is 1. The molecule has 2 rings (SSSR count). The van der Waals surface area contributed by atoms with Crippen LogP contribution in [0.4, 0.5) is 0 Å². The van der Waals surface area contributed by atoms with Gasteiger partial charge in [-0.1, -0.05) is 57.9 Å². The Hall–Kier alpha value is -1.21. The molecule has 1 aliphatic heterocycles. The van der Waals surface area contributed by atoms with Crippen molar-refractivity contribution >= 4 is 33.7 Å². The summed E-state index contributed by atoms with van der Waals surface area (Å²) in [5.41, 5.74) is 0. The predicted molar refractivity (Wildman–Crippen MR) is 112 cm³/mol. The number of aromatic nitrogens is 1. The van der Waals surface area contributed by atoms with E-state index >= 15 is 0 Å².